The predicted molar refractivity (Wildman–Crippen MR) is 89.4 cm³/mol. The average molecular weight is 396 g/mol. The highest BCUT2D eigenvalue weighted by molar-refractivity contribution is 5.82. The number of alkyl carbamates (subject to hydrolysis) is 1. The van der Waals surface area contributed by atoms with Gasteiger partial charge in [-0.05, 0) is 42.9 Å². The van der Waals surface area contributed by atoms with Crippen molar-refractivity contribution in [3.05, 3.63) is 29.8 Å². The third-order valence-electron chi connectivity index (χ3n) is 6.57. The molecule has 2 atom stereocenters. The summed E-state index contributed by atoms with van der Waals surface area (Å²) < 4.78 is 46.5. The van der Waals surface area contributed by atoms with E-state index in [4.69, 9.17) is 4.74 Å². The topological polar surface area (TPSA) is 67.9 Å². The third-order valence-corrected chi connectivity index (χ3v) is 6.57. The quantitative estimate of drug-likeness (QED) is 0.853. The van der Waals surface area contributed by atoms with Crippen LogP contribution in [0.3, 0.4) is 0 Å². The summed E-state index contributed by atoms with van der Waals surface area (Å²) in [5.74, 6) is -0.0497. The largest absolute Gasteiger partial charge is 0.573 e. The molecule has 4 aliphatic rings. The van der Waals surface area contributed by atoms with Crippen molar-refractivity contribution in [3.63, 3.8) is 0 Å². The first kappa shape index (κ1) is 17.6. The van der Waals surface area contributed by atoms with Crippen LogP contribution in [0.25, 0.3) is 0 Å². The summed E-state index contributed by atoms with van der Waals surface area (Å²) in [6.07, 6.45) is -3.16. The van der Waals surface area contributed by atoms with Crippen LogP contribution in [-0.2, 0) is 14.9 Å². The number of ether oxygens (including phenoxy) is 2. The van der Waals surface area contributed by atoms with Gasteiger partial charge in [0.1, 0.15) is 12.4 Å². The minimum atomic E-state index is -4.73. The third kappa shape index (κ3) is 2.79. The zero-order chi connectivity index (χ0) is 19.7. The number of likely N-dealkylation sites (tertiary alicyclic amines) is 1. The molecule has 28 heavy (non-hydrogen) atoms. The average Bonchev–Trinajstić information content (AvgIpc) is 2.95. The second kappa shape index (κ2) is 5.55. The van der Waals surface area contributed by atoms with Crippen LogP contribution in [-0.4, -0.2) is 48.5 Å². The SMILES string of the molecule is O=C1NC2(CO1)CC(C(=O)N1CC3CC3(c3cccc(OC(F)(F)F)c3)C1)C2. The van der Waals surface area contributed by atoms with Crippen LogP contribution < -0.4 is 10.1 Å². The molecule has 1 N–H and O–H groups in total. The maximum Gasteiger partial charge on any atom is 0.573 e. The Bertz CT molecular complexity index is 852. The smallest absolute Gasteiger partial charge is 0.447 e. The normalized spacial score (nSPS) is 35.8. The minimum absolute atomic E-state index is 0.0565. The lowest BCUT2D eigenvalue weighted by Gasteiger charge is -2.43. The van der Waals surface area contributed by atoms with Crippen molar-refractivity contribution in [2.75, 3.05) is 19.7 Å². The van der Waals surface area contributed by atoms with Crippen molar-refractivity contribution >= 4 is 12.0 Å². The minimum Gasteiger partial charge on any atom is -0.447 e. The van der Waals surface area contributed by atoms with Crippen LogP contribution in [0.15, 0.2) is 24.3 Å². The fourth-order valence-electron chi connectivity index (χ4n) is 5.13. The predicted octanol–water partition coefficient (Wildman–Crippen LogP) is 2.57. The second-order valence-corrected chi connectivity index (χ2v) is 8.44. The summed E-state index contributed by atoms with van der Waals surface area (Å²) in [6.45, 7) is 1.43. The number of alkyl halides is 3. The van der Waals surface area contributed by atoms with E-state index in [9.17, 15) is 22.8 Å². The van der Waals surface area contributed by atoms with Crippen LogP contribution in [0.1, 0.15) is 24.8 Å². The number of benzene rings is 1. The van der Waals surface area contributed by atoms with Crippen LogP contribution in [0.5, 0.6) is 5.75 Å². The van der Waals surface area contributed by atoms with Crippen molar-refractivity contribution in [3.8, 4) is 5.75 Å². The Morgan fingerprint density at radius 1 is 1.29 bits per heavy atom. The summed E-state index contributed by atoms with van der Waals surface area (Å²) in [5, 5.41) is 2.78. The van der Waals surface area contributed by atoms with E-state index in [-0.39, 0.29) is 28.9 Å². The second-order valence-electron chi connectivity index (χ2n) is 8.44. The number of piperidine rings is 1. The maximum atomic E-state index is 12.8. The van der Waals surface area contributed by atoms with Crippen LogP contribution in [0.2, 0.25) is 0 Å². The van der Waals surface area contributed by atoms with Gasteiger partial charge in [0.05, 0.1) is 5.54 Å². The summed E-state index contributed by atoms with van der Waals surface area (Å²) in [4.78, 5) is 25.9. The van der Waals surface area contributed by atoms with Gasteiger partial charge in [0, 0.05) is 24.4 Å². The lowest BCUT2D eigenvalue weighted by atomic mass is 9.68. The molecule has 1 aromatic rings. The number of hydrogen-bond donors (Lipinski definition) is 1. The van der Waals surface area contributed by atoms with E-state index in [0.717, 1.165) is 12.0 Å². The molecular weight excluding hydrogens is 377 g/mol. The molecule has 0 aromatic heterocycles. The zero-order valence-corrected chi connectivity index (χ0v) is 14.9. The van der Waals surface area contributed by atoms with E-state index in [2.05, 4.69) is 10.1 Å². The molecule has 1 spiro atoms. The molecule has 2 amide bonds. The van der Waals surface area contributed by atoms with Crippen LogP contribution in [0, 0.1) is 11.8 Å². The van der Waals surface area contributed by atoms with Crippen molar-refractivity contribution in [1.82, 2.24) is 10.2 Å². The van der Waals surface area contributed by atoms with E-state index in [1.807, 2.05) is 4.90 Å². The Labute approximate surface area is 159 Å². The molecule has 2 unspecified atom stereocenters. The number of rotatable bonds is 3. The first-order valence-corrected chi connectivity index (χ1v) is 9.28. The molecule has 0 radical (unpaired) electrons. The number of fused-ring (bicyclic) bond motifs is 1. The van der Waals surface area contributed by atoms with Crippen molar-refractivity contribution in [2.24, 2.45) is 11.8 Å². The number of carbonyl (C=O) groups is 2. The van der Waals surface area contributed by atoms with Gasteiger partial charge in [-0.2, -0.15) is 0 Å². The molecule has 1 aromatic carbocycles. The summed E-state index contributed by atoms with van der Waals surface area (Å²) in [6, 6.07) is 6.09. The lowest BCUT2D eigenvalue weighted by molar-refractivity contribution is -0.274. The number of nitrogens with zero attached hydrogens (tertiary/aromatic N) is 1. The van der Waals surface area contributed by atoms with Crippen molar-refractivity contribution in [2.45, 2.75) is 36.6 Å². The summed E-state index contributed by atoms with van der Waals surface area (Å²) in [5.41, 5.74) is 0.115. The first-order chi connectivity index (χ1) is 13.2. The van der Waals surface area contributed by atoms with Gasteiger partial charge in [0.2, 0.25) is 5.91 Å². The Hall–Kier alpha value is -2.45. The lowest BCUT2D eigenvalue weighted by Crippen LogP contribution is -2.58. The number of carbonyl (C=O) groups excluding carboxylic acids is 2. The highest BCUT2D eigenvalue weighted by Crippen LogP contribution is 2.60. The molecule has 0 bridgehead atoms. The first-order valence-electron chi connectivity index (χ1n) is 9.28. The van der Waals surface area contributed by atoms with Crippen molar-refractivity contribution < 1.29 is 32.2 Å². The Kier molecular flexibility index (Phi) is 3.49. The maximum absolute atomic E-state index is 12.8. The van der Waals surface area contributed by atoms with E-state index in [0.29, 0.717) is 32.5 Å². The highest BCUT2D eigenvalue weighted by atomic mass is 19.4. The van der Waals surface area contributed by atoms with E-state index in [1.54, 1.807) is 12.1 Å². The molecule has 2 saturated carbocycles. The van der Waals surface area contributed by atoms with Gasteiger partial charge in [0.15, 0.2) is 0 Å². The van der Waals surface area contributed by atoms with E-state index in [1.165, 1.54) is 12.1 Å². The summed E-state index contributed by atoms with van der Waals surface area (Å²) in [7, 11) is 0. The molecule has 2 heterocycles. The molecular formula is C19H19F3N2O4. The van der Waals surface area contributed by atoms with Gasteiger partial charge in [-0.25, -0.2) is 4.79 Å². The van der Waals surface area contributed by atoms with Crippen LogP contribution >= 0.6 is 0 Å². The zero-order valence-electron chi connectivity index (χ0n) is 14.9. The van der Waals surface area contributed by atoms with Gasteiger partial charge in [-0.1, -0.05) is 12.1 Å². The summed E-state index contributed by atoms with van der Waals surface area (Å²) >= 11 is 0. The highest BCUT2D eigenvalue weighted by Gasteiger charge is 2.63. The fourth-order valence-corrected chi connectivity index (χ4v) is 5.13. The van der Waals surface area contributed by atoms with Crippen molar-refractivity contribution in [1.29, 1.82) is 0 Å². The molecule has 2 aliphatic heterocycles. The van der Waals surface area contributed by atoms with Gasteiger partial charge in [-0.3, -0.25) is 4.79 Å². The number of nitrogens with one attached hydrogen (secondary N) is 1. The number of hydrogen-bond acceptors (Lipinski definition) is 4. The molecule has 2 aliphatic carbocycles. The monoisotopic (exact) mass is 396 g/mol. The fraction of sp³-hybridized carbons (Fsp3) is 0.579. The Balaban J connectivity index is 1.25. The van der Waals surface area contributed by atoms with Gasteiger partial charge >= 0.3 is 12.5 Å². The van der Waals surface area contributed by atoms with Gasteiger partial charge in [0.25, 0.3) is 0 Å². The van der Waals surface area contributed by atoms with E-state index >= 15 is 0 Å². The molecule has 9 heteroatoms. The van der Waals surface area contributed by atoms with Gasteiger partial charge in [-0.15, -0.1) is 13.2 Å². The molecule has 2 saturated heterocycles. The molecule has 5 rings (SSSR count). The number of amides is 2. The Morgan fingerprint density at radius 3 is 2.75 bits per heavy atom. The molecule has 150 valence electrons. The number of cyclic esters (lactones) is 1. The van der Waals surface area contributed by atoms with E-state index < -0.39 is 18.0 Å². The standard InChI is InChI=1S/C19H19F3N2O4/c20-19(21,22)28-14-3-1-2-12(4-14)18-7-13(18)8-24(9-18)15(25)11-5-17(6-11)10-27-16(26)23-17/h1-4,11,13H,5-10H2,(H,23,26). The number of halogens is 3. The van der Waals surface area contributed by atoms with Crippen LogP contribution in [0.4, 0.5) is 18.0 Å². The Morgan fingerprint density at radius 2 is 2.07 bits per heavy atom. The molecule has 4 fully saturated rings. The van der Waals surface area contributed by atoms with Gasteiger partial charge < -0.3 is 19.7 Å². The molecule has 6 nitrogen and oxygen atoms in total.